The monoisotopic (exact) mass is 263 g/mol. The summed E-state index contributed by atoms with van der Waals surface area (Å²) in [6, 6.07) is 2.90. The molecule has 4 heteroatoms. The van der Waals surface area contributed by atoms with Crippen LogP contribution in [0.1, 0.15) is 37.6 Å². The molecule has 2 fully saturated rings. The molecule has 19 heavy (non-hydrogen) atoms. The molecule has 1 aliphatic heterocycles. The summed E-state index contributed by atoms with van der Waals surface area (Å²) >= 11 is 0. The van der Waals surface area contributed by atoms with Gasteiger partial charge in [0.15, 0.2) is 0 Å². The molecule has 1 aromatic heterocycles. The normalized spacial score (nSPS) is 30.0. The van der Waals surface area contributed by atoms with Crippen LogP contribution in [0.4, 0.5) is 0 Å². The largest absolute Gasteiger partial charge is 0.361 e. The maximum atomic E-state index is 5.13. The lowest BCUT2D eigenvalue weighted by atomic mass is 10.1. The first-order chi connectivity index (χ1) is 9.20. The van der Waals surface area contributed by atoms with E-state index in [9.17, 15) is 0 Å². The molecular weight excluding hydrogens is 238 g/mol. The third-order valence-corrected chi connectivity index (χ3v) is 4.65. The smallest absolute Gasteiger partial charge is 0.133 e. The highest BCUT2D eigenvalue weighted by atomic mass is 16.5. The van der Waals surface area contributed by atoms with Crippen LogP contribution in [-0.4, -0.2) is 47.2 Å². The minimum absolute atomic E-state index is 0.853. The van der Waals surface area contributed by atoms with Gasteiger partial charge in [0, 0.05) is 44.8 Å². The topological polar surface area (TPSA) is 32.5 Å². The predicted molar refractivity (Wildman–Crippen MR) is 74.9 cm³/mol. The van der Waals surface area contributed by atoms with E-state index in [-0.39, 0.29) is 0 Å². The van der Waals surface area contributed by atoms with Crippen molar-refractivity contribution < 1.29 is 4.52 Å². The first-order valence-electron chi connectivity index (χ1n) is 7.59. The van der Waals surface area contributed by atoms with E-state index in [1.54, 1.807) is 0 Å². The average Bonchev–Trinajstić information content (AvgIpc) is 3.00. The van der Waals surface area contributed by atoms with Gasteiger partial charge in [-0.2, -0.15) is 0 Å². The maximum Gasteiger partial charge on any atom is 0.133 e. The number of aromatic nitrogens is 1. The number of nitrogens with zero attached hydrogens (tertiary/aromatic N) is 3. The third kappa shape index (κ3) is 3.18. The molecule has 2 heterocycles. The lowest BCUT2D eigenvalue weighted by Gasteiger charge is -2.37. The summed E-state index contributed by atoms with van der Waals surface area (Å²) in [4.78, 5) is 5.19. The minimum atomic E-state index is 0.853. The molecule has 0 amide bonds. The molecule has 0 spiro atoms. The van der Waals surface area contributed by atoms with E-state index in [0.29, 0.717) is 0 Å². The van der Waals surface area contributed by atoms with Gasteiger partial charge >= 0.3 is 0 Å². The zero-order chi connectivity index (χ0) is 13.2. The number of rotatable bonds is 3. The number of aryl methyl sites for hydroxylation is 1. The Labute approximate surface area is 115 Å². The molecule has 1 saturated carbocycles. The van der Waals surface area contributed by atoms with Crippen LogP contribution in [0.2, 0.25) is 0 Å². The Balaban J connectivity index is 1.47. The number of hydrogen-bond donors (Lipinski definition) is 0. The molecule has 106 valence electrons. The summed E-state index contributed by atoms with van der Waals surface area (Å²) in [6.07, 6.45) is 4.23. The summed E-state index contributed by atoms with van der Waals surface area (Å²) in [5, 5.41) is 4.09. The summed E-state index contributed by atoms with van der Waals surface area (Å²) in [7, 11) is 0. The average molecular weight is 263 g/mol. The van der Waals surface area contributed by atoms with Gasteiger partial charge in [0.2, 0.25) is 0 Å². The molecule has 3 rings (SSSR count). The van der Waals surface area contributed by atoms with E-state index in [2.05, 4.69) is 21.9 Å². The van der Waals surface area contributed by atoms with Gasteiger partial charge in [0.25, 0.3) is 0 Å². The van der Waals surface area contributed by atoms with Gasteiger partial charge in [-0.15, -0.1) is 0 Å². The van der Waals surface area contributed by atoms with Crippen molar-refractivity contribution in [2.24, 2.45) is 5.92 Å². The van der Waals surface area contributed by atoms with Gasteiger partial charge in [0.05, 0.1) is 5.69 Å². The second kappa shape index (κ2) is 5.63. The quantitative estimate of drug-likeness (QED) is 0.837. The van der Waals surface area contributed by atoms with Crippen LogP contribution >= 0.6 is 0 Å². The van der Waals surface area contributed by atoms with Gasteiger partial charge in [-0.05, 0) is 32.1 Å². The molecule has 0 aromatic carbocycles. The second-order valence-corrected chi connectivity index (χ2v) is 6.31. The fraction of sp³-hybridized carbons (Fsp3) is 0.800. The second-order valence-electron chi connectivity index (χ2n) is 6.31. The van der Waals surface area contributed by atoms with Gasteiger partial charge in [0.1, 0.15) is 5.76 Å². The Morgan fingerprint density at radius 1 is 1.26 bits per heavy atom. The zero-order valence-corrected chi connectivity index (χ0v) is 12.1. The summed E-state index contributed by atoms with van der Waals surface area (Å²) in [6.45, 7) is 10.0. The van der Waals surface area contributed by atoms with Gasteiger partial charge < -0.3 is 4.52 Å². The first kappa shape index (κ1) is 13.1. The molecular formula is C15H25N3O. The maximum absolute atomic E-state index is 5.13. The van der Waals surface area contributed by atoms with Crippen molar-refractivity contribution >= 4 is 0 Å². The van der Waals surface area contributed by atoms with Crippen molar-refractivity contribution in [3.05, 3.63) is 17.5 Å². The highest BCUT2D eigenvalue weighted by molar-refractivity contribution is 5.03. The van der Waals surface area contributed by atoms with Crippen LogP contribution in [-0.2, 0) is 6.54 Å². The molecule has 2 aliphatic rings. The molecule has 0 N–H and O–H groups in total. The Hall–Kier alpha value is -0.870. The van der Waals surface area contributed by atoms with Crippen LogP contribution in [0.3, 0.4) is 0 Å². The Morgan fingerprint density at radius 2 is 2.05 bits per heavy atom. The van der Waals surface area contributed by atoms with Crippen LogP contribution < -0.4 is 0 Å². The summed E-state index contributed by atoms with van der Waals surface area (Å²) in [5.74, 6) is 1.84. The van der Waals surface area contributed by atoms with Crippen molar-refractivity contribution in [1.82, 2.24) is 15.0 Å². The molecule has 4 nitrogen and oxygen atoms in total. The highest BCUT2D eigenvalue weighted by Gasteiger charge is 2.29. The van der Waals surface area contributed by atoms with E-state index in [4.69, 9.17) is 4.52 Å². The van der Waals surface area contributed by atoms with Crippen molar-refractivity contribution in [2.75, 3.05) is 26.2 Å². The van der Waals surface area contributed by atoms with E-state index >= 15 is 0 Å². The van der Waals surface area contributed by atoms with Gasteiger partial charge in [-0.3, -0.25) is 9.80 Å². The molecule has 1 aliphatic carbocycles. The van der Waals surface area contributed by atoms with Crippen LogP contribution in [0, 0.1) is 12.8 Å². The van der Waals surface area contributed by atoms with E-state index in [1.807, 2.05) is 13.0 Å². The highest BCUT2D eigenvalue weighted by Crippen LogP contribution is 2.29. The Kier molecular flexibility index (Phi) is 3.89. The van der Waals surface area contributed by atoms with Gasteiger partial charge in [-0.25, -0.2) is 0 Å². The Bertz CT molecular complexity index is 409. The van der Waals surface area contributed by atoms with Crippen molar-refractivity contribution in [1.29, 1.82) is 0 Å². The Morgan fingerprint density at radius 3 is 2.63 bits per heavy atom. The lowest BCUT2D eigenvalue weighted by molar-refractivity contribution is 0.0910. The number of piperazine rings is 1. The molecule has 0 bridgehead atoms. The summed E-state index contributed by atoms with van der Waals surface area (Å²) in [5.41, 5.74) is 1.07. The first-order valence-corrected chi connectivity index (χ1v) is 7.59. The molecule has 1 saturated heterocycles. The molecule has 0 radical (unpaired) electrons. The van der Waals surface area contributed by atoms with Crippen LogP contribution in [0.15, 0.2) is 10.6 Å². The van der Waals surface area contributed by atoms with E-state index in [0.717, 1.165) is 43.0 Å². The van der Waals surface area contributed by atoms with Crippen molar-refractivity contribution in [2.45, 2.75) is 45.7 Å². The van der Waals surface area contributed by atoms with Crippen LogP contribution in [0.25, 0.3) is 0 Å². The van der Waals surface area contributed by atoms with Crippen molar-refractivity contribution in [3.63, 3.8) is 0 Å². The lowest BCUT2D eigenvalue weighted by Crippen LogP contribution is -2.49. The van der Waals surface area contributed by atoms with E-state index < -0.39 is 0 Å². The van der Waals surface area contributed by atoms with E-state index in [1.165, 1.54) is 32.4 Å². The minimum Gasteiger partial charge on any atom is -0.361 e. The molecule has 2 unspecified atom stereocenters. The standard InChI is InChI=1S/C15H25N3O/c1-12-3-4-15(9-12)18-7-5-17(6-8-18)11-14-10-13(2)19-16-14/h10,12,15H,3-9,11H2,1-2H3. The third-order valence-electron chi connectivity index (χ3n) is 4.65. The molecule has 2 atom stereocenters. The zero-order valence-electron chi connectivity index (χ0n) is 12.1. The number of hydrogen-bond acceptors (Lipinski definition) is 4. The fourth-order valence-corrected chi connectivity index (χ4v) is 3.52. The predicted octanol–water partition coefficient (Wildman–Crippen LogP) is 2.29. The summed E-state index contributed by atoms with van der Waals surface area (Å²) < 4.78 is 5.13. The van der Waals surface area contributed by atoms with Gasteiger partial charge in [-0.1, -0.05) is 12.1 Å². The SMILES string of the molecule is Cc1cc(CN2CCN(C3CCC(C)C3)CC2)no1. The fourth-order valence-electron chi connectivity index (χ4n) is 3.52. The molecule has 1 aromatic rings. The van der Waals surface area contributed by atoms with Crippen molar-refractivity contribution in [3.8, 4) is 0 Å². The van der Waals surface area contributed by atoms with Crippen LogP contribution in [0.5, 0.6) is 0 Å².